The molecule has 0 aliphatic heterocycles. The summed E-state index contributed by atoms with van der Waals surface area (Å²) in [7, 11) is 0. The molecule has 1 amide bonds. The van der Waals surface area contributed by atoms with Crippen LogP contribution < -0.4 is 10.1 Å². The molecule has 0 radical (unpaired) electrons. The highest BCUT2D eigenvalue weighted by molar-refractivity contribution is 5.95. The van der Waals surface area contributed by atoms with Gasteiger partial charge in [0.25, 0.3) is 5.91 Å². The number of aryl methyl sites for hydroxylation is 2. The van der Waals surface area contributed by atoms with Crippen LogP contribution in [0.2, 0.25) is 0 Å². The predicted octanol–water partition coefficient (Wildman–Crippen LogP) is 3.51. The molecular formula is C20H23NO4. The normalized spacial score (nSPS) is 11.5. The molecule has 1 N–H and O–H groups in total. The van der Waals surface area contributed by atoms with Gasteiger partial charge in [-0.05, 0) is 49.6 Å². The van der Waals surface area contributed by atoms with E-state index in [0.29, 0.717) is 11.4 Å². The number of hydrogen-bond donors (Lipinski definition) is 1. The average Bonchev–Trinajstić information content (AvgIpc) is 2.62. The lowest BCUT2D eigenvalue weighted by Crippen LogP contribution is -2.31. The van der Waals surface area contributed by atoms with Crippen LogP contribution in [0, 0.1) is 6.92 Å². The molecule has 1 unspecified atom stereocenters. The van der Waals surface area contributed by atoms with Gasteiger partial charge in [-0.25, -0.2) is 4.79 Å². The number of nitrogens with one attached hydrogen (secondary N) is 1. The average molecular weight is 341 g/mol. The van der Waals surface area contributed by atoms with E-state index in [1.54, 1.807) is 18.2 Å². The van der Waals surface area contributed by atoms with Crippen LogP contribution in [0.5, 0.6) is 5.75 Å². The fourth-order valence-electron chi connectivity index (χ4n) is 2.20. The molecule has 25 heavy (non-hydrogen) atoms. The van der Waals surface area contributed by atoms with Gasteiger partial charge in [-0.1, -0.05) is 37.3 Å². The molecule has 2 aromatic rings. The summed E-state index contributed by atoms with van der Waals surface area (Å²) in [6, 6.07) is 14.9. The molecule has 0 aromatic heterocycles. The third-order valence-electron chi connectivity index (χ3n) is 3.77. The van der Waals surface area contributed by atoms with Crippen LogP contribution in [0.4, 0.5) is 5.69 Å². The van der Waals surface area contributed by atoms with Crippen molar-refractivity contribution in [2.75, 3.05) is 11.9 Å². The first-order valence-electron chi connectivity index (χ1n) is 8.27. The van der Waals surface area contributed by atoms with Gasteiger partial charge in [-0.3, -0.25) is 4.79 Å². The largest absolute Gasteiger partial charge is 0.482 e. The summed E-state index contributed by atoms with van der Waals surface area (Å²) in [5.41, 5.74) is 2.83. The Hall–Kier alpha value is -2.82. The number of anilines is 1. The Labute approximate surface area is 148 Å². The SMILES string of the molecule is CCc1ccc(OCC(=O)OC(C)C(=O)Nc2ccccc2C)cc1. The topological polar surface area (TPSA) is 64.6 Å². The highest BCUT2D eigenvalue weighted by Crippen LogP contribution is 2.14. The zero-order valence-corrected chi connectivity index (χ0v) is 14.7. The Morgan fingerprint density at radius 1 is 1.08 bits per heavy atom. The van der Waals surface area contributed by atoms with Crippen molar-refractivity contribution < 1.29 is 19.1 Å². The van der Waals surface area contributed by atoms with E-state index in [1.807, 2.05) is 37.3 Å². The van der Waals surface area contributed by atoms with Crippen molar-refractivity contribution >= 4 is 17.6 Å². The van der Waals surface area contributed by atoms with Gasteiger partial charge in [0.15, 0.2) is 12.7 Å². The number of para-hydroxylation sites is 1. The van der Waals surface area contributed by atoms with E-state index in [-0.39, 0.29) is 12.5 Å². The Morgan fingerprint density at radius 2 is 1.76 bits per heavy atom. The third kappa shape index (κ3) is 5.64. The van der Waals surface area contributed by atoms with Gasteiger partial charge in [0.2, 0.25) is 0 Å². The van der Waals surface area contributed by atoms with Crippen molar-refractivity contribution in [2.24, 2.45) is 0 Å². The van der Waals surface area contributed by atoms with Crippen molar-refractivity contribution in [2.45, 2.75) is 33.3 Å². The molecule has 2 aromatic carbocycles. The van der Waals surface area contributed by atoms with Crippen LogP contribution in [0.3, 0.4) is 0 Å². The van der Waals surface area contributed by atoms with E-state index in [0.717, 1.165) is 12.0 Å². The maximum Gasteiger partial charge on any atom is 0.344 e. The lowest BCUT2D eigenvalue weighted by molar-refractivity contribution is -0.155. The first kappa shape index (κ1) is 18.5. The Bertz CT molecular complexity index is 725. The van der Waals surface area contributed by atoms with Crippen molar-refractivity contribution in [1.29, 1.82) is 0 Å². The van der Waals surface area contributed by atoms with Gasteiger partial charge in [0.1, 0.15) is 5.75 Å². The van der Waals surface area contributed by atoms with Gasteiger partial charge >= 0.3 is 5.97 Å². The summed E-state index contributed by atoms with van der Waals surface area (Å²) in [4.78, 5) is 24.0. The molecule has 5 nitrogen and oxygen atoms in total. The highest BCUT2D eigenvalue weighted by Gasteiger charge is 2.18. The van der Waals surface area contributed by atoms with Gasteiger partial charge in [-0.15, -0.1) is 0 Å². The van der Waals surface area contributed by atoms with E-state index >= 15 is 0 Å². The Morgan fingerprint density at radius 3 is 2.40 bits per heavy atom. The Kier molecular flexibility index (Phi) is 6.57. The zero-order chi connectivity index (χ0) is 18.2. The number of esters is 1. The molecule has 0 saturated heterocycles. The van der Waals surface area contributed by atoms with Crippen LogP contribution in [0.15, 0.2) is 48.5 Å². The molecule has 0 aliphatic carbocycles. The van der Waals surface area contributed by atoms with Crippen molar-refractivity contribution in [3.8, 4) is 5.75 Å². The summed E-state index contributed by atoms with van der Waals surface area (Å²) < 4.78 is 10.5. The van der Waals surface area contributed by atoms with E-state index in [2.05, 4.69) is 12.2 Å². The molecule has 1 atom stereocenters. The second-order valence-electron chi connectivity index (χ2n) is 5.72. The smallest absolute Gasteiger partial charge is 0.344 e. The van der Waals surface area contributed by atoms with Crippen molar-refractivity contribution in [1.82, 2.24) is 0 Å². The van der Waals surface area contributed by atoms with Gasteiger partial charge < -0.3 is 14.8 Å². The summed E-state index contributed by atoms with van der Waals surface area (Å²) in [5.74, 6) is -0.381. The number of ether oxygens (including phenoxy) is 2. The first-order valence-corrected chi connectivity index (χ1v) is 8.27. The summed E-state index contributed by atoms with van der Waals surface area (Å²) in [5, 5.41) is 2.74. The van der Waals surface area contributed by atoms with Crippen molar-refractivity contribution in [3.63, 3.8) is 0 Å². The fourth-order valence-corrected chi connectivity index (χ4v) is 2.20. The molecule has 0 spiro atoms. The van der Waals surface area contributed by atoms with E-state index in [4.69, 9.17) is 9.47 Å². The molecule has 0 saturated carbocycles. The molecule has 0 bridgehead atoms. The number of benzene rings is 2. The lowest BCUT2D eigenvalue weighted by Gasteiger charge is -2.15. The van der Waals surface area contributed by atoms with E-state index < -0.39 is 12.1 Å². The quantitative estimate of drug-likeness (QED) is 0.783. The van der Waals surface area contributed by atoms with Gasteiger partial charge in [-0.2, -0.15) is 0 Å². The monoisotopic (exact) mass is 341 g/mol. The predicted molar refractivity (Wildman–Crippen MR) is 96.7 cm³/mol. The minimum Gasteiger partial charge on any atom is -0.482 e. The molecule has 5 heteroatoms. The minimum atomic E-state index is -0.904. The number of carbonyl (C=O) groups excluding carboxylic acids is 2. The maximum absolute atomic E-state index is 12.1. The van der Waals surface area contributed by atoms with E-state index in [9.17, 15) is 9.59 Å². The third-order valence-corrected chi connectivity index (χ3v) is 3.77. The highest BCUT2D eigenvalue weighted by atomic mass is 16.6. The molecule has 0 aliphatic rings. The number of amides is 1. The van der Waals surface area contributed by atoms with Gasteiger partial charge in [0, 0.05) is 5.69 Å². The number of rotatable bonds is 7. The summed E-state index contributed by atoms with van der Waals surface area (Å²) in [6.45, 7) is 5.25. The Balaban J connectivity index is 1.80. The second-order valence-corrected chi connectivity index (χ2v) is 5.72. The van der Waals surface area contributed by atoms with Crippen LogP contribution in [-0.4, -0.2) is 24.6 Å². The second kappa shape index (κ2) is 8.87. The van der Waals surface area contributed by atoms with E-state index in [1.165, 1.54) is 12.5 Å². The van der Waals surface area contributed by atoms with Crippen LogP contribution >= 0.6 is 0 Å². The number of hydrogen-bond acceptors (Lipinski definition) is 4. The van der Waals surface area contributed by atoms with Crippen molar-refractivity contribution in [3.05, 3.63) is 59.7 Å². The molecule has 0 heterocycles. The molecule has 132 valence electrons. The summed E-state index contributed by atoms with van der Waals surface area (Å²) in [6.07, 6.45) is 0.0358. The number of carbonyl (C=O) groups is 2. The lowest BCUT2D eigenvalue weighted by atomic mass is 10.2. The standard InChI is InChI=1S/C20H23NO4/c1-4-16-9-11-17(12-10-16)24-13-19(22)25-15(3)20(23)21-18-8-6-5-7-14(18)2/h5-12,15H,4,13H2,1-3H3,(H,21,23). The van der Waals surface area contributed by atoms with Gasteiger partial charge in [0.05, 0.1) is 0 Å². The van der Waals surface area contributed by atoms with Crippen LogP contribution in [0.1, 0.15) is 25.0 Å². The minimum absolute atomic E-state index is 0.243. The molecule has 0 fully saturated rings. The summed E-state index contributed by atoms with van der Waals surface area (Å²) >= 11 is 0. The zero-order valence-electron chi connectivity index (χ0n) is 14.7. The first-order chi connectivity index (χ1) is 12.0. The van der Waals surface area contributed by atoms with Crippen LogP contribution in [0.25, 0.3) is 0 Å². The molecular weight excluding hydrogens is 318 g/mol. The molecule has 2 rings (SSSR count). The maximum atomic E-state index is 12.1. The van der Waals surface area contributed by atoms with Crippen LogP contribution in [-0.2, 0) is 20.7 Å². The fraction of sp³-hybridized carbons (Fsp3) is 0.300.